The number of carbonyl (C=O) groups is 1. The zero-order valence-corrected chi connectivity index (χ0v) is 15.7. The molecule has 1 fully saturated rings. The maximum atomic E-state index is 13.0. The Hall–Kier alpha value is -1.98. The zero-order valence-electron chi connectivity index (χ0n) is 14.9. The molecule has 4 nitrogen and oxygen atoms in total. The SMILES string of the molecule is Nc1ccccc1C1NC(=O)C(CCN2CCSCC2)c2ccccc21. The summed E-state index contributed by atoms with van der Waals surface area (Å²) in [5, 5.41) is 3.23. The molecule has 0 bridgehead atoms. The van der Waals surface area contributed by atoms with E-state index in [4.69, 9.17) is 5.73 Å². The minimum Gasteiger partial charge on any atom is -0.398 e. The third kappa shape index (κ3) is 3.46. The average molecular weight is 368 g/mol. The Kier molecular flexibility index (Phi) is 5.18. The van der Waals surface area contributed by atoms with Crippen molar-refractivity contribution in [3.63, 3.8) is 0 Å². The molecule has 2 aliphatic heterocycles. The smallest absolute Gasteiger partial charge is 0.228 e. The Labute approximate surface area is 159 Å². The van der Waals surface area contributed by atoms with Crippen LogP contribution >= 0.6 is 11.8 Å². The number of nitrogens with one attached hydrogen (secondary N) is 1. The van der Waals surface area contributed by atoms with Gasteiger partial charge >= 0.3 is 0 Å². The predicted molar refractivity (Wildman–Crippen MR) is 108 cm³/mol. The predicted octanol–water partition coefficient (Wildman–Crippen LogP) is 3.01. The molecule has 2 aromatic rings. The van der Waals surface area contributed by atoms with Crippen molar-refractivity contribution in [3.05, 3.63) is 65.2 Å². The first-order chi connectivity index (χ1) is 12.7. The molecule has 2 aliphatic rings. The number of nitrogens with two attached hydrogens (primary N) is 1. The van der Waals surface area contributed by atoms with E-state index in [9.17, 15) is 4.79 Å². The first kappa shape index (κ1) is 17.4. The number of anilines is 1. The van der Waals surface area contributed by atoms with Gasteiger partial charge in [-0.05, 0) is 30.2 Å². The molecule has 5 heteroatoms. The van der Waals surface area contributed by atoms with E-state index >= 15 is 0 Å². The molecule has 0 aromatic heterocycles. The number of nitrogen functional groups attached to an aromatic ring is 1. The summed E-state index contributed by atoms with van der Waals surface area (Å²) in [5.41, 5.74) is 10.2. The van der Waals surface area contributed by atoms with Crippen molar-refractivity contribution in [1.29, 1.82) is 0 Å². The fourth-order valence-electron chi connectivity index (χ4n) is 4.00. The lowest BCUT2D eigenvalue weighted by Crippen LogP contribution is -2.41. The molecule has 2 heterocycles. The van der Waals surface area contributed by atoms with E-state index in [1.54, 1.807) is 0 Å². The Morgan fingerprint density at radius 3 is 2.38 bits per heavy atom. The van der Waals surface area contributed by atoms with Crippen LogP contribution in [0.4, 0.5) is 5.69 Å². The van der Waals surface area contributed by atoms with Gasteiger partial charge in [0.25, 0.3) is 0 Å². The molecule has 1 saturated heterocycles. The maximum Gasteiger partial charge on any atom is 0.228 e. The van der Waals surface area contributed by atoms with Crippen molar-refractivity contribution in [2.45, 2.75) is 18.4 Å². The fourth-order valence-corrected chi connectivity index (χ4v) is 4.97. The normalized spacial score (nSPS) is 23.3. The molecule has 0 spiro atoms. The minimum absolute atomic E-state index is 0.0815. The highest BCUT2D eigenvalue weighted by atomic mass is 32.2. The van der Waals surface area contributed by atoms with Gasteiger partial charge in [-0.2, -0.15) is 11.8 Å². The molecule has 2 atom stereocenters. The molecule has 0 radical (unpaired) electrons. The molecule has 4 rings (SSSR count). The Bertz CT molecular complexity index is 788. The Morgan fingerprint density at radius 2 is 1.65 bits per heavy atom. The average Bonchev–Trinajstić information content (AvgIpc) is 2.68. The molecule has 0 saturated carbocycles. The highest BCUT2D eigenvalue weighted by molar-refractivity contribution is 7.99. The van der Waals surface area contributed by atoms with E-state index in [1.165, 1.54) is 17.1 Å². The summed E-state index contributed by atoms with van der Waals surface area (Å²) in [6, 6.07) is 15.9. The number of fused-ring (bicyclic) bond motifs is 1. The lowest BCUT2D eigenvalue weighted by Gasteiger charge is -2.34. The van der Waals surface area contributed by atoms with Crippen LogP contribution in [0.5, 0.6) is 0 Å². The van der Waals surface area contributed by atoms with E-state index < -0.39 is 0 Å². The highest BCUT2D eigenvalue weighted by Crippen LogP contribution is 2.37. The quantitative estimate of drug-likeness (QED) is 0.816. The molecule has 2 unspecified atom stereocenters. The number of nitrogens with zero attached hydrogens (tertiary/aromatic N) is 1. The summed E-state index contributed by atoms with van der Waals surface area (Å²) in [4.78, 5) is 15.4. The van der Waals surface area contributed by atoms with Crippen LogP contribution in [0.2, 0.25) is 0 Å². The van der Waals surface area contributed by atoms with Crippen molar-refractivity contribution in [1.82, 2.24) is 10.2 Å². The largest absolute Gasteiger partial charge is 0.398 e. The summed E-state index contributed by atoms with van der Waals surface area (Å²) in [5.74, 6) is 2.43. The first-order valence-corrected chi connectivity index (χ1v) is 10.4. The van der Waals surface area contributed by atoms with Crippen LogP contribution in [0, 0.1) is 0 Å². The van der Waals surface area contributed by atoms with Crippen molar-refractivity contribution >= 4 is 23.4 Å². The molecular weight excluding hydrogens is 342 g/mol. The van der Waals surface area contributed by atoms with Crippen molar-refractivity contribution in [2.75, 3.05) is 36.9 Å². The van der Waals surface area contributed by atoms with Crippen molar-refractivity contribution in [3.8, 4) is 0 Å². The van der Waals surface area contributed by atoms with Gasteiger partial charge in [0, 0.05) is 35.8 Å². The van der Waals surface area contributed by atoms with E-state index in [0.717, 1.165) is 42.9 Å². The molecule has 136 valence electrons. The zero-order chi connectivity index (χ0) is 17.9. The monoisotopic (exact) mass is 367 g/mol. The van der Waals surface area contributed by atoms with Gasteiger partial charge in [0.15, 0.2) is 0 Å². The van der Waals surface area contributed by atoms with Crippen LogP contribution in [-0.4, -0.2) is 41.9 Å². The second-order valence-electron chi connectivity index (χ2n) is 6.99. The lowest BCUT2D eigenvalue weighted by atomic mass is 9.81. The molecule has 0 aliphatic carbocycles. The number of thioether (sulfide) groups is 1. The van der Waals surface area contributed by atoms with Crippen LogP contribution in [0.25, 0.3) is 0 Å². The summed E-state index contributed by atoms with van der Waals surface area (Å²) in [6.07, 6.45) is 0.866. The third-order valence-corrected chi connectivity index (χ3v) is 6.37. The summed E-state index contributed by atoms with van der Waals surface area (Å²) >= 11 is 2.02. The topological polar surface area (TPSA) is 58.4 Å². The van der Waals surface area contributed by atoms with Gasteiger partial charge in [-0.1, -0.05) is 42.5 Å². The van der Waals surface area contributed by atoms with E-state index in [1.807, 2.05) is 48.2 Å². The summed E-state index contributed by atoms with van der Waals surface area (Å²) < 4.78 is 0. The number of carbonyl (C=O) groups excluding carboxylic acids is 1. The van der Waals surface area contributed by atoms with E-state index in [0.29, 0.717) is 0 Å². The fraction of sp³-hybridized carbons (Fsp3) is 0.381. The third-order valence-electron chi connectivity index (χ3n) is 5.43. The van der Waals surface area contributed by atoms with Crippen LogP contribution < -0.4 is 11.1 Å². The van der Waals surface area contributed by atoms with Crippen molar-refractivity contribution in [2.24, 2.45) is 0 Å². The Morgan fingerprint density at radius 1 is 1.00 bits per heavy atom. The minimum atomic E-state index is -0.164. The number of hydrogen-bond donors (Lipinski definition) is 2. The second-order valence-corrected chi connectivity index (χ2v) is 8.22. The van der Waals surface area contributed by atoms with E-state index in [2.05, 4.69) is 22.3 Å². The van der Waals surface area contributed by atoms with Gasteiger partial charge in [0.05, 0.1) is 12.0 Å². The number of amides is 1. The summed E-state index contributed by atoms with van der Waals surface area (Å²) in [7, 11) is 0. The van der Waals surface area contributed by atoms with Gasteiger partial charge in [-0.25, -0.2) is 0 Å². The summed E-state index contributed by atoms with van der Waals surface area (Å²) in [6.45, 7) is 3.23. The van der Waals surface area contributed by atoms with Crippen LogP contribution in [-0.2, 0) is 4.79 Å². The standard InChI is InChI=1S/C21H25N3OS/c22-19-8-4-3-7-18(19)20-16-6-2-1-5-15(16)17(21(25)23-20)9-10-24-11-13-26-14-12-24/h1-8,17,20H,9-14,22H2,(H,23,25). The van der Waals surface area contributed by atoms with Gasteiger partial charge < -0.3 is 16.0 Å². The molecule has 2 aromatic carbocycles. The van der Waals surface area contributed by atoms with Gasteiger partial charge in [-0.3, -0.25) is 4.79 Å². The molecular formula is C21H25N3OS. The van der Waals surface area contributed by atoms with E-state index in [-0.39, 0.29) is 17.9 Å². The molecule has 3 N–H and O–H groups in total. The highest BCUT2D eigenvalue weighted by Gasteiger charge is 2.34. The van der Waals surface area contributed by atoms with Gasteiger partial charge in [0.2, 0.25) is 5.91 Å². The molecule has 26 heavy (non-hydrogen) atoms. The van der Waals surface area contributed by atoms with Gasteiger partial charge in [-0.15, -0.1) is 0 Å². The van der Waals surface area contributed by atoms with Crippen molar-refractivity contribution < 1.29 is 4.79 Å². The van der Waals surface area contributed by atoms with Gasteiger partial charge in [0.1, 0.15) is 0 Å². The lowest BCUT2D eigenvalue weighted by molar-refractivity contribution is -0.123. The van der Waals surface area contributed by atoms with Crippen LogP contribution in [0.3, 0.4) is 0 Å². The first-order valence-electron chi connectivity index (χ1n) is 9.28. The number of rotatable bonds is 4. The Balaban J connectivity index is 1.60. The maximum absolute atomic E-state index is 13.0. The van der Waals surface area contributed by atoms with Crippen LogP contribution in [0.15, 0.2) is 48.5 Å². The number of hydrogen-bond acceptors (Lipinski definition) is 4. The number of para-hydroxylation sites is 1. The second kappa shape index (κ2) is 7.72. The van der Waals surface area contributed by atoms with Crippen LogP contribution in [0.1, 0.15) is 35.1 Å². The number of benzene rings is 2. The molecule has 1 amide bonds.